The predicted octanol–water partition coefficient (Wildman–Crippen LogP) is 7.23. The van der Waals surface area contributed by atoms with Gasteiger partial charge in [-0.3, -0.25) is 24.8 Å². The number of hydrogen-bond acceptors (Lipinski definition) is 8. The highest BCUT2D eigenvalue weighted by Gasteiger charge is 2.11. The van der Waals surface area contributed by atoms with E-state index < -0.39 is 5.81 Å². The Morgan fingerprint density at radius 2 is 1.74 bits per heavy atom. The smallest absolute Gasteiger partial charge is 0.255 e. The number of carbonyl (C=O) groups is 3. The molecule has 3 aromatic carbocycles. The average molecular weight is 677 g/mol. The Morgan fingerprint density at radius 1 is 0.978 bits per heavy atom. The lowest BCUT2D eigenvalue weighted by molar-refractivity contribution is -0.115. The Bertz CT molecular complexity index is 1750. The van der Waals surface area contributed by atoms with Gasteiger partial charge in [0.1, 0.15) is 5.78 Å². The number of aromatic nitrogens is 1. The molecule has 46 heavy (non-hydrogen) atoms. The van der Waals surface area contributed by atoms with Crippen molar-refractivity contribution in [2.24, 2.45) is 5.10 Å². The van der Waals surface area contributed by atoms with Crippen molar-refractivity contribution in [3.63, 3.8) is 0 Å². The zero-order chi connectivity index (χ0) is 33.5. The molecule has 13 heteroatoms. The number of carbonyl (C=O) groups excluding carboxylic acids is 3. The minimum absolute atomic E-state index is 0.0480. The van der Waals surface area contributed by atoms with Crippen LogP contribution in [0.15, 0.2) is 88.9 Å². The summed E-state index contributed by atoms with van der Waals surface area (Å²) in [6.07, 6.45) is 3.31. The van der Waals surface area contributed by atoms with Crippen LogP contribution in [0, 0.1) is 6.92 Å². The van der Waals surface area contributed by atoms with E-state index in [1.165, 1.54) is 18.9 Å². The van der Waals surface area contributed by atoms with E-state index in [4.69, 9.17) is 40.5 Å². The minimum Gasteiger partial charge on any atom is -0.493 e. The number of allylic oxidation sites excluding steroid dienone is 1. The number of ketones is 1. The average Bonchev–Trinajstić information content (AvgIpc) is 3.05. The highest BCUT2D eigenvalue weighted by molar-refractivity contribution is 8.00. The number of Topliss-reactive ketones (excluding diaryl/α,β-unsaturated/α-hetero) is 1. The predicted molar refractivity (Wildman–Crippen MR) is 188 cm³/mol. The number of methoxy groups -OCH3 is 2. The Labute approximate surface area is 283 Å². The van der Waals surface area contributed by atoms with Gasteiger partial charge < -0.3 is 14.8 Å². The molecule has 0 spiro atoms. The molecule has 4 aromatic rings. The number of thioether (sulfide) groups is 1. The first-order valence-electron chi connectivity index (χ1n) is 13.7. The van der Waals surface area contributed by atoms with Crippen LogP contribution in [0.3, 0.4) is 0 Å². The Balaban J connectivity index is 0.00000185. The van der Waals surface area contributed by atoms with E-state index in [-0.39, 0.29) is 29.2 Å². The number of nitrogens with zero attached hydrogens (tertiary/aromatic N) is 2. The monoisotopic (exact) mass is 676 g/mol. The van der Waals surface area contributed by atoms with E-state index in [1.807, 2.05) is 49.4 Å². The minimum atomic E-state index is -0.843. The van der Waals surface area contributed by atoms with E-state index in [0.717, 1.165) is 27.1 Å². The fraction of sp³-hybridized carbons (Fsp3) is 0.182. The Kier molecular flexibility index (Phi) is 14.6. The summed E-state index contributed by atoms with van der Waals surface area (Å²) in [5.41, 5.74) is 6.17. The Morgan fingerprint density at radius 3 is 2.46 bits per heavy atom. The maximum Gasteiger partial charge on any atom is 0.255 e. The number of fused-ring (bicyclic) bond motifs is 1. The second-order valence-electron chi connectivity index (χ2n) is 9.47. The maximum absolute atomic E-state index is 12.9. The molecule has 0 fully saturated rings. The van der Waals surface area contributed by atoms with Gasteiger partial charge >= 0.3 is 0 Å². The summed E-state index contributed by atoms with van der Waals surface area (Å²) in [6, 6.07) is 21.8. The third kappa shape index (κ3) is 11.6. The van der Waals surface area contributed by atoms with Crippen LogP contribution in [-0.4, -0.2) is 61.4 Å². The molecule has 0 aliphatic rings. The molecule has 2 N–H and O–H groups in total. The van der Waals surface area contributed by atoms with Crippen molar-refractivity contribution in [1.82, 2.24) is 10.4 Å². The molecule has 0 aliphatic carbocycles. The van der Waals surface area contributed by atoms with Gasteiger partial charge in [-0.25, -0.2) is 0 Å². The van der Waals surface area contributed by atoms with E-state index >= 15 is 0 Å². The first-order valence-corrected chi connectivity index (χ1v) is 15.8. The molecule has 0 aliphatic heterocycles. The zero-order valence-corrected chi connectivity index (χ0v) is 27.7. The van der Waals surface area contributed by atoms with E-state index in [9.17, 15) is 14.4 Å². The summed E-state index contributed by atoms with van der Waals surface area (Å²) >= 11 is 10.8. The molecular weight excluding hydrogens is 646 g/mol. The molecule has 0 atom stereocenters. The molecular formula is C33H31BCl2N4O5S. The van der Waals surface area contributed by atoms with Gasteiger partial charge in [0, 0.05) is 27.2 Å². The SMILES string of the molecule is ClCCl.[B]C(=O)N/N=C(/C=C/c1ccc(OC)c(OC)c1)CC(=O)CSc1cccc(C(=O)Nc2ccc3nc(C)ccc3c2)c1. The van der Waals surface area contributed by atoms with Gasteiger partial charge in [-0.05, 0) is 73.2 Å². The van der Waals surface area contributed by atoms with Gasteiger partial charge in [-0.2, -0.15) is 5.10 Å². The molecule has 2 amide bonds. The standard InChI is InChI=1S/C32H29BN4O5S.CH2Cl2/c1-20-7-10-22-16-24(12-13-28(22)34-20)35-31(39)23-5-4-6-27(17-23)43-19-26(38)18-25(36-37-32(33)40)11-8-21-9-14-29(41-2)30(15-21)42-3;2-1-3/h4-17H,18-19H2,1-3H3,(H,35,39)(H,37,40);1H2/b11-8+,36-25-;. The van der Waals surface area contributed by atoms with Crippen LogP contribution in [-0.2, 0) is 4.79 Å². The first-order chi connectivity index (χ1) is 22.1. The molecule has 236 valence electrons. The molecule has 9 nitrogen and oxygen atoms in total. The molecule has 0 unspecified atom stereocenters. The summed E-state index contributed by atoms with van der Waals surface area (Å²) < 4.78 is 10.6. The van der Waals surface area contributed by atoms with E-state index in [2.05, 4.69) is 20.8 Å². The molecule has 0 saturated heterocycles. The number of alkyl halides is 2. The first kappa shape index (κ1) is 36.2. The number of hydrogen-bond donors (Lipinski definition) is 2. The highest BCUT2D eigenvalue weighted by Crippen LogP contribution is 2.28. The second kappa shape index (κ2) is 18.6. The van der Waals surface area contributed by atoms with Gasteiger partial charge in [0.2, 0.25) is 7.85 Å². The van der Waals surface area contributed by atoms with Crippen LogP contribution in [0.2, 0.25) is 0 Å². The van der Waals surface area contributed by atoms with Gasteiger partial charge in [0.15, 0.2) is 17.3 Å². The van der Waals surface area contributed by atoms with Crippen LogP contribution in [0.4, 0.5) is 10.5 Å². The van der Waals surface area contributed by atoms with Crippen molar-refractivity contribution in [2.75, 3.05) is 30.6 Å². The van der Waals surface area contributed by atoms with Gasteiger partial charge in [-0.15, -0.1) is 35.0 Å². The topological polar surface area (TPSA) is 119 Å². The lowest BCUT2D eigenvalue weighted by Crippen LogP contribution is -2.18. The van der Waals surface area contributed by atoms with Crippen molar-refractivity contribution >= 4 is 88.7 Å². The highest BCUT2D eigenvalue weighted by atomic mass is 35.5. The fourth-order valence-electron chi connectivity index (χ4n) is 4.06. The number of benzene rings is 3. The molecule has 1 heterocycles. The number of anilines is 1. The van der Waals surface area contributed by atoms with Crippen LogP contribution >= 0.6 is 35.0 Å². The van der Waals surface area contributed by atoms with Crippen molar-refractivity contribution in [1.29, 1.82) is 0 Å². The zero-order valence-electron chi connectivity index (χ0n) is 25.4. The van der Waals surface area contributed by atoms with E-state index in [0.29, 0.717) is 28.5 Å². The third-order valence-electron chi connectivity index (χ3n) is 6.15. The van der Waals surface area contributed by atoms with Gasteiger partial charge in [-0.1, -0.05) is 24.3 Å². The van der Waals surface area contributed by atoms with Gasteiger partial charge in [0.25, 0.3) is 5.91 Å². The number of aryl methyl sites for hydroxylation is 1. The lowest BCUT2D eigenvalue weighted by atomic mass is 10.1. The Hall–Kier alpha value is -4.32. The fourth-order valence-corrected chi connectivity index (χ4v) is 4.88. The summed E-state index contributed by atoms with van der Waals surface area (Å²) in [5, 5.41) is 8.02. The molecule has 1 aromatic heterocycles. The second-order valence-corrected chi connectivity index (χ2v) is 11.3. The largest absolute Gasteiger partial charge is 0.493 e. The van der Waals surface area contributed by atoms with Crippen molar-refractivity contribution < 1.29 is 23.9 Å². The summed E-state index contributed by atoms with van der Waals surface area (Å²) in [7, 11) is 8.25. The third-order valence-corrected chi connectivity index (χ3v) is 7.20. The maximum atomic E-state index is 12.9. The van der Waals surface area contributed by atoms with Crippen LogP contribution < -0.4 is 20.2 Å². The molecule has 4 rings (SSSR count). The number of pyridine rings is 1. The quantitative estimate of drug-likeness (QED) is 0.0534. The van der Waals surface area contributed by atoms with Crippen LogP contribution in [0.1, 0.15) is 28.0 Å². The number of hydrazone groups is 1. The molecule has 0 saturated carbocycles. The van der Waals surface area contributed by atoms with Crippen molar-refractivity contribution in [3.8, 4) is 11.5 Å². The number of nitrogens with one attached hydrogen (secondary N) is 2. The van der Waals surface area contributed by atoms with Crippen molar-refractivity contribution in [3.05, 3.63) is 95.7 Å². The number of halogens is 2. The normalized spacial score (nSPS) is 11.0. The van der Waals surface area contributed by atoms with Gasteiger partial charge in [0.05, 0.1) is 43.0 Å². The molecule has 0 bridgehead atoms. The summed E-state index contributed by atoms with van der Waals surface area (Å²) in [6.45, 7) is 1.93. The summed E-state index contributed by atoms with van der Waals surface area (Å²) in [5.74, 6) is 0.0131. The molecule has 2 radical (unpaired) electrons. The van der Waals surface area contributed by atoms with Crippen LogP contribution in [0.25, 0.3) is 17.0 Å². The summed E-state index contributed by atoms with van der Waals surface area (Å²) in [4.78, 5) is 42.3. The van der Waals surface area contributed by atoms with Crippen molar-refractivity contribution in [2.45, 2.75) is 18.2 Å². The van der Waals surface area contributed by atoms with E-state index in [1.54, 1.807) is 49.6 Å². The van der Waals surface area contributed by atoms with Crippen LogP contribution in [0.5, 0.6) is 11.5 Å². The number of amides is 2. The lowest BCUT2D eigenvalue weighted by Gasteiger charge is -2.09. The number of rotatable bonds is 12. The number of ether oxygens (including phenoxy) is 2.